The highest BCUT2D eigenvalue weighted by Gasteiger charge is 2.17. The Morgan fingerprint density at radius 2 is 1.73 bits per heavy atom. The third kappa shape index (κ3) is 4.56. The summed E-state index contributed by atoms with van der Waals surface area (Å²) in [6.07, 6.45) is 6.90. The molecule has 198 valence electrons. The number of rotatable bonds is 6. The summed E-state index contributed by atoms with van der Waals surface area (Å²) in [5, 5.41) is 11.5. The molecule has 3 N–H and O–H groups in total. The molecule has 6 aromatic heterocycles. The molecule has 0 bridgehead atoms. The van der Waals surface area contributed by atoms with E-state index >= 15 is 0 Å². The van der Waals surface area contributed by atoms with Crippen molar-refractivity contribution in [3.8, 4) is 33.1 Å². The van der Waals surface area contributed by atoms with Gasteiger partial charge in [0.25, 0.3) is 5.91 Å². The summed E-state index contributed by atoms with van der Waals surface area (Å²) in [5.74, 6) is -0.168. The number of aromatic nitrogens is 6. The molecule has 6 heterocycles. The van der Waals surface area contributed by atoms with Crippen LogP contribution in [0, 0.1) is 0 Å². The number of ketones is 1. The van der Waals surface area contributed by atoms with Gasteiger partial charge in [-0.1, -0.05) is 18.2 Å². The lowest BCUT2D eigenvalue weighted by Gasteiger charge is -2.07. The lowest BCUT2D eigenvalue weighted by Crippen LogP contribution is -2.11. The van der Waals surface area contributed by atoms with E-state index in [0.29, 0.717) is 33.0 Å². The van der Waals surface area contributed by atoms with Crippen molar-refractivity contribution in [3.63, 3.8) is 0 Å². The minimum Gasteiger partial charge on any atom is -0.352 e. The number of Topliss-reactive ketones (excluding diaryl/α,β-unsaturated/α-hetero) is 1. The van der Waals surface area contributed by atoms with E-state index in [1.807, 2.05) is 60.8 Å². The zero-order valence-electron chi connectivity index (χ0n) is 21.7. The summed E-state index contributed by atoms with van der Waals surface area (Å²) >= 11 is 1.45. The maximum atomic E-state index is 12.6. The Hall–Kier alpha value is -5.48. The van der Waals surface area contributed by atoms with Crippen molar-refractivity contribution in [2.24, 2.45) is 0 Å². The standard InChI is InChI=1S/C31H21N7O2S/c1-17(39)27-9-10-28(41-27)22-15-33-16-26-21(22)12-25(35-26)30-29-24(37-38-30)8-7-23(36-29)19-11-20(14-32-13-19)34-31(40)18-5-3-2-4-6-18/h2-16,35H,1H3,(H,34,40)(H,37,38). The number of amides is 1. The molecule has 41 heavy (non-hydrogen) atoms. The van der Waals surface area contributed by atoms with E-state index in [4.69, 9.17) is 4.98 Å². The Morgan fingerprint density at radius 3 is 2.56 bits per heavy atom. The van der Waals surface area contributed by atoms with Crippen molar-refractivity contribution < 1.29 is 9.59 Å². The molecule has 7 aromatic rings. The van der Waals surface area contributed by atoms with Gasteiger partial charge in [-0.05, 0) is 55.5 Å². The lowest BCUT2D eigenvalue weighted by atomic mass is 10.1. The first-order valence-electron chi connectivity index (χ1n) is 12.8. The molecule has 0 fully saturated rings. The van der Waals surface area contributed by atoms with Crippen molar-refractivity contribution in [1.82, 2.24) is 30.1 Å². The average Bonchev–Trinajstić information content (AvgIpc) is 3.75. The van der Waals surface area contributed by atoms with Crippen LogP contribution in [-0.2, 0) is 0 Å². The summed E-state index contributed by atoms with van der Waals surface area (Å²) in [6.45, 7) is 1.57. The first kappa shape index (κ1) is 24.6. The van der Waals surface area contributed by atoms with Gasteiger partial charge >= 0.3 is 0 Å². The third-order valence-corrected chi connectivity index (χ3v) is 7.97. The summed E-state index contributed by atoms with van der Waals surface area (Å²) in [5.41, 5.74) is 7.31. The van der Waals surface area contributed by atoms with E-state index in [1.54, 1.807) is 37.6 Å². The molecular weight excluding hydrogens is 534 g/mol. The minimum atomic E-state index is -0.210. The van der Waals surface area contributed by atoms with Crippen LogP contribution in [0.1, 0.15) is 27.0 Å². The quantitative estimate of drug-likeness (QED) is 0.195. The number of nitrogens with zero attached hydrogens (tertiary/aromatic N) is 4. The number of hydrogen-bond donors (Lipinski definition) is 3. The second-order valence-corrected chi connectivity index (χ2v) is 10.6. The van der Waals surface area contributed by atoms with Crippen LogP contribution >= 0.6 is 11.3 Å². The zero-order chi connectivity index (χ0) is 27.9. The number of aromatic amines is 2. The molecule has 0 aliphatic heterocycles. The fraction of sp³-hybridized carbons (Fsp3) is 0.0323. The van der Waals surface area contributed by atoms with Gasteiger partial charge in [0.05, 0.1) is 45.4 Å². The Bertz CT molecular complexity index is 2090. The van der Waals surface area contributed by atoms with Crippen molar-refractivity contribution in [2.75, 3.05) is 5.32 Å². The van der Waals surface area contributed by atoms with Crippen LogP contribution in [-0.4, -0.2) is 41.8 Å². The predicted octanol–water partition coefficient (Wildman–Crippen LogP) is 6.75. The lowest BCUT2D eigenvalue weighted by molar-refractivity contribution is 0.101. The van der Waals surface area contributed by atoms with Crippen LogP contribution in [0.15, 0.2) is 91.5 Å². The Kier molecular flexibility index (Phi) is 5.94. The zero-order valence-corrected chi connectivity index (χ0v) is 22.5. The van der Waals surface area contributed by atoms with Gasteiger partial charge in [-0.25, -0.2) is 4.98 Å². The molecule has 7 rings (SSSR count). The monoisotopic (exact) mass is 555 g/mol. The fourth-order valence-electron chi connectivity index (χ4n) is 4.74. The Morgan fingerprint density at radius 1 is 0.878 bits per heavy atom. The second kappa shape index (κ2) is 9.92. The normalized spacial score (nSPS) is 11.2. The molecule has 10 heteroatoms. The topological polar surface area (TPSA) is 129 Å². The van der Waals surface area contributed by atoms with E-state index in [-0.39, 0.29) is 11.7 Å². The van der Waals surface area contributed by atoms with Crippen molar-refractivity contribution >= 4 is 50.7 Å². The molecule has 1 amide bonds. The van der Waals surface area contributed by atoms with Gasteiger partial charge in [-0.15, -0.1) is 11.3 Å². The van der Waals surface area contributed by atoms with Gasteiger partial charge < -0.3 is 10.3 Å². The van der Waals surface area contributed by atoms with Crippen molar-refractivity contribution in [3.05, 3.63) is 102 Å². The number of anilines is 1. The maximum Gasteiger partial charge on any atom is 0.255 e. The SMILES string of the molecule is CC(=O)c1ccc(-c2cncc3[nH]c(-c4n[nH]c5ccc(-c6cncc(NC(=O)c7ccccc7)c6)nc45)cc23)s1. The molecule has 0 saturated heterocycles. The number of H-pyrrole nitrogens is 2. The van der Waals surface area contributed by atoms with E-state index in [0.717, 1.165) is 38.1 Å². The predicted molar refractivity (Wildman–Crippen MR) is 160 cm³/mol. The first-order valence-corrected chi connectivity index (χ1v) is 13.6. The molecule has 9 nitrogen and oxygen atoms in total. The van der Waals surface area contributed by atoms with Gasteiger partial charge in [-0.2, -0.15) is 5.10 Å². The van der Waals surface area contributed by atoms with Crippen LogP contribution in [0.2, 0.25) is 0 Å². The molecule has 0 unspecified atom stereocenters. The second-order valence-electron chi connectivity index (χ2n) is 9.50. The summed E-state index contributed by atoms with van der Waals surface area (Å²) in [6, 6.07) is 20.5. The number of carbonyl (C=O) groups excluding carboxylic acids is 2. The number of fused-ring (bicyclic) bond motifs is 2. The van der Waals surface area contributed by atoms with Crippen LogP contribution < -0.4 is 5.32 Å². The molecule has 0 aliphatic carbocycles. The number of pyridine rings is 3. The highest BCUT2D eigenvalue weighted by Crippen LogP contribution is 2.36. The van der Waals surface area contributed by atoms with Crippen LogP contribution in [0.25, 0.3) is 55.0 Å². The van der Waals surface area contributed by atoms with E-state index in [9.17, 15) is 9.59 Å². The van der Waals surface area contributed by atoms with Crippen LogP contribution in [0.3, 0.4) is 0 Å². The molecule has 0 atom stereocenters. The van der Waals surface area contributed by atoms with E-state index in [2.05, 4.69) is 30.5 Å². The molecule has 0 radical (unpaired) electrons. The summed E-state index contributed by atoms with van der Waals surface area (Å²) in [7, 11) is 0. The van der Waals surface area contributed by atoms with Gasteiger partial charge in [0, 0.05) is 39.3 Å². The van der Waals surface area contributed by atoms with Gasteiger partial charge in [0.1, 0.15) is 11.2 Å². The molecule has 0 saturated carbocycles. The van der Waals surface area contributed by atoms with Crippen LogP contribution in [0.5, 0.6) is 0 Å². The van der Waals surface area contributed by atoms with Gasteiger partial charge in [0.2, 0.25) is 0 Å². The fourth-order valence-corrected chi connectivity index (χ4v) is 5.66. The largest absolute Gasteiger partial charge is 0.352 e. The minimum absolute atomic E-state index is 0.0420. The Balaban J connectivity index is 1.24. The first-order chi connectivity index (χ1) is 20.0. The number of carbonyl (C=O) groups is 2. The maximum absolute atomic E-state index is 12.6. The number of thiophene rings is 1. The number of benzene rings is 1. The number of nitrogens with one attached hydrogen (secondary N) is 3. The molecule has 1 aromatic carbocycles. The van der Waals surface area contributed by atoms with Gasteiger partial charge in [-0.3, -0.25) is 24.7 Å². The highest BCUT2D eigenvalue weighted by atomic mass is 32.1. The molecular formula is C31H21N7O2S. The summed E-state index contributed by atoms with van der Waals surface area (Å²) in [4.78, 5) is 43.2. The third-order valence-electron chi connectivity index (χ3n) is 6.75. The molecule has 0 aliphatic rings. The summed E-state index contributed by atoms with van der Waals surface area (Å²) < 4.78 is 0. The highest BCUT2D eigenvalue weighted by molar-refractivity contribution is 7.17. The Labute approximate surface area is 237 Å². The van der Waals surface area contributed by atoms with E-state index < -0.39 is 0 Å². The van der Waals surface area contributed by atoms with Crippen molar-refractivity contribution in [2.45, 2.75) is 6.92 Å². The smallest absolute Gasteiger partial charge is 0.255 e. The van der Waals surface area contributed by atoms with Gasteiger partial charge in [0.15, 0.2) is 5.78 Å². The molecule has 0 spiro atoms. The number of hydrogen-bond acceptors (Lipinski definition) is 7. The average molecular weight is 556 g/mol. The van der Waals surface area contributed by atoms with E-state index in [1.165, 1.54) is 11.3 Å². The van der Waals surface area contributed by atoms with Crippen LogP contribution in [0.4, 0.5) is 5.69 Å². The van der Waals surface area contributed by atoms with Crippen molar-refractivity contribution in [1.29, 1.82) is 0 Å².